The van der Waals surface area contributed by atoms with Crippen LogP contribution in [0.25, 0.3) is 0 Å². The fourth-order valence-corrected chi connectivity index (χ4v) is 2.67. The average Bonchev–Trinajstić information content (AvgIpc) is 2.32. The molecule has 19 heavy (non-hydrogen) atoms. The Bertz CT molecular complexity index is 456. The van der Waals surface area contributed by atoms with Gasteiger partial charge in [-0.05, 0) is 43.9 Å². The van der Waals surface area contributed by atoms with Crippen molar-refractivity contribution in [3.8, 4) is 0 Å². The summed E-state index contributed by atoms with van der Waals surface area (Å²) in [7, 11) is 0. The summed E-state index contributed by atoms with van der Waals surface area (Å²) in [5.41, 5.74) is 6.05. The fourth-order valence-electron chi connectivity index (χ4n) is 2.67. The summed E-state index contributed by atoms with van der Waals surface area (Å²) >= 11 is 0. The highest BCUT2D eigenvalue weighted by molar-refractivity contribution is 5.69. The lowest BCUT2D eigenvalue weighted by Crippen LogP contribution is -2.42. The summed E-state index contributed by atoms with van der Waals surface area (Å²) in [6.07, 6.45) is -2.14. The molecule has 0 aromatic heterocycles. The lowest BCUT2D eigenvalue weighted by atomic mass is 9.91. The largest absolute Gasteiger partial charge is 0.416 e. The number of nitrogens with two attached hydrogens (primary N) is 1. The zero-order chi connectivity index (χ0) is 14.2. The van der Waals surface area contributed by atoms with Gasteiger partial charge in [-0.1, -0.05) is 6.92 Å². The highest BCUT2D eigenvalue weighted by Crippen LogP contribution is 2.36. The van der Waals surface area contributed by atoms with E-state index in [2.05, 4.69) is 18.7 Å². The molecule has 2 unspecified atom stereocenters. The van der Waals surface area contributed by atoms with Crippen LogP contribution in [0.2, 0.25) is 0 Å². The van der Waals surface area contributed by atoms with E-state index in [9.17, 15) is 13.2 Å². The number of hydrogen-bond acceptors (Lipinski definition) is 2. The van der Waals surface area contributed by atoms with E-state index < -0.39 is 11.7 Å². The number of nitrogens with zero attached hydrogens (tertiary/aromatic N) is 1. The van der Waals surface area contributed by atoms with E-state index >= 15 is 0 Å². The van der Waals surface area contributed by atoms with Crippen LogP contribution in [-0.2, 0) is 6.18 Å². The van der Waals surface area contributed by atoms with Crippen molar-refractivity contribution in [1.29, 1.82) is 0 Å². The van der Waals surface area contributed by atoms with Gasteiger partial charge in [-0.15, -0.1) is 0 Å². The zero-order valence-electron chi connectivity index (χ0n) is 11.2. The minimum atomic E-state index is -4.34. The second kappa shape index (κ2) is 4.94. The van der Waals surface area contributed by atoms with Gasteiger partial charge in [-0.2, -0.15) is 13.2 Å². The predicted molar refractivity (Wildman–Crippen MR) is 71.1 cm³/mol. The van der Waals surface area contributed by atoms with Gasteiger partial charge in [0, 0.05) is 12.6 Å². The fraction of sp³-hybridized carbons (Fsp3) is 0.571. The number of anilines is 2. The number of alkyl halides is 3. The Kier molecular flexibility index (Phi) is 3.65. The van der Waals surface area contributed by atoms with Gasteiger partial charge in [0.1, 0.15) is 0 Å². The molecule has 0 bridgehead atoms. The van der Waals surface area contributed by atoms with Crippen LogP contribution in [0.4, 0.5) is 24.5 Å². The molecule has 0 amide bonds. The average molecular weight is 272 g/mol. The van der Waals surface area contributed by atoms with Crippen LogP contribution in [0, 0.1) is 5.92 Å². The molecule has 0 radical (unpaired) electrons. The Morgan fingerprint density at radius 1 is 1.26 bits per heavy atom. The Morgan fingerprint density at radius 3 is 2.53 bits per heavy atom. The first kappa shape index (κ1) is 14.0. The van der Waals surface area contributed by atoms with E-state index in [1.165, 1.54) is 6.07 Å². The third-order valence-corrected chi connectivity index (χ3v) is 4.04. The van der Waals surface area contributed by atoms with E-state index in [-0.39, 0.29) is 5.69 Å². The predicted octanol–water partition coefficient (Wildman–Crippen LogP) is 3.91. The quantitative estimate of drug-likeness (QED) is 0.785. The van der Waals surface area contributed by atoms with Crippen LogP contribution in [0.1, 0.15) is 32.3 Å². The van der Waals surface area contributed by atoms with Crippen molar-refractivity contribution in [2.45, 2.75) is 38.9 Å². The molecule has 5 heteroatoms. The van der Waals surface area contributed by atoms with Gasteiger partial charge in [0.15, 0.2) is 0 Å². The van der Waals surface area contributed by atoms with Crippen molar-refractivity contribution in [3.05, 3.63) is 23.8 Å². The van der Waals surface area contributed by atoms with Crippen LogP contribution in [0.15, 0.2) is 18.2 Å². The summed E-state index contributed by atoms with van der Waals surface area (Å²) in [6.45, 7) is 5.11. The van der Waals surface area contributed by atoms with E-state index in [1.807, 2.05) is 0 Å². The molecule has 0 spiro atoms. The minimum absolute atomic E-state index is 0.204. The lowest BCUT2D eigenvalue weighted by molar-refractivity contribution is -0.137. The maximum Gasteiger partial charge on any atom is 0.416 e. The Hall–Kier alpha value is -1.39. The molecule has 106 valence electrons. The SMILES string of the molecule is CC1CCCN(c2ccc(C(F)(F)F)cc2N)C1C. The Balaban J connectivity index is 2.31. The molecule has 1 aromatic rings. The van der Waals surface area contributed by atoms with E-state index in [4.69, 9.17) is 5.73 Å². The summed E-state index contributed by atoms with van der Waals surface area (Å²) in [4.78, 5) is 2.11. The van der Waals surface area contributed by atoms with Crippen LogP contribution >= 0.6 is 0 Å². The summed E-state index contributed by atoms with van der Waals surface area (Å²) in [5, 5.41) is 0. The number of nitrogen functional groups attached to an aromatic ring is 1. The molecule has 2 rings (SSSR count). The maximum atomic E-state index is 12.6. The van der Waals surface area contributed by atoms with Gasteiger partial charge < -0.3 is 10.6 Å². The Morgan fingerprint density at radius 2 is 1.95 bits per heavy atom. The third kappa shape index (κ3) is 2.80. The summed E-state index contributed by atoms with van der Waals surface area (Å²) in [5.74, 6) is 0.524. The first-order chi connectivity index (χ1) is 8.80. The molecule has 1 saturated heterocycles. The first-order valence-corrected chi connectivity index (χ1v) is 6.54. The highest BCUT2D eigenvalue weighted by Gasteiger charge is 2.32. The lowest BCUT2D eigenvalue weighted by Gasteiger charge is -2.40. The molecular weight excluding hydrogens is 253 g/mol. The van der Waals surface area contributed by atoms with Crippen LogP contribution in [0.3, 0.4) is 0 Å². The molecule has 2 nitrogen and oxygen atoms in total. The standard InChI is InChI=1S/C14H19F3N2/c1-9-4-3-7-19(10(9)2)13-6-5-11(8-12(13)18)14(15,16)17/h5-6,8-10H,3-4,7,18H2,1-2H3. The summed E-state index contributed by atoms with van der Waals surface area (Å²) < 4.78 is 37.8. The van der Waals surface area contributed by atoms with Crippen molar-refractivity contribution < 1.29 is 13.2 Å². The topological polar surface area (TPSA) is 29.3 Å². The van der Waals surface area contributed by atoms with E-state index in [0.717, 1.165) is 31.5 Å². The van der Waals surface area contributed by atoms with Crippen LogP contribution in [0.5, 0.6) is 0 Å². The number of piperidine rings is 1. The number of benzene rings is 1. The molecule has 2 atom stereocenters. The molecule has 1 aliphatic rings. The molecule has 0 saturated carbocycles. The van der Waals surface area contributed by atoms with Crippen molar-refractivity contribution in [1.82, 2.24) is 0 Å². The van der Waals surface area contributed by atoms with Crippen molar-refractivity contribution in [3.63, 3.8) is 0 Å². The molecule has 1 fully saturated rings. The van der Waals surface area contributed by atoms with Gasteiger partial charge in [-0.3, -0.25) is 0 Å². The molecular formula is C14H19F3N2. The molecule has 1 heterocycles. The van der Waals surface area contributed by atoms with Gasteiger partial charge in [-0.25, -0.2) is 0 Å². The molecule has 1 aliphatic heterocycles. The highest BCUT2D eigenvalue weighted by atomic mass is 19.4. The second-order valence-electron chi connectivity index (χ2n) is 5.32. The summed E-state index contributed by atoms with van der Waals surface area (Å²) in [6, 6.07) is 3.93. The third-order valence-electron chi connectivity index (χ3n) is 4.04. The molecule has 0 aliphatic carbocycles. The van der Waals surface area contributed by atoms with E-state index in [0.29, 0.717) is 17.6 Å². The Labute approximate surface area is 111 Å². The van der Waals surface area contributed by atoms with Crippen LogP contribution in [-0.4, -0.2) is 12.6 Å². The monoisotopic (exact) mass is 272 g/mol. The van der Waals surface area contributed by atoms with E-state index in [1.54, 1.807) is 0 Å². The number of halogens is 3. The second-order valence-corrected chi connectivity index (χ2v) is 5.32. The van der Waals surface area contributed by atoms with Crippen molar-refractivity contribution in [2.75, 3.05) is 17.2 Å². The molecule has 2 N–H and O–H groups in total. The van der Waals surface area contributed by atoms with Crippen LogP contribution < -0.4 is 10.6 Å². The molecule has 1 aromatic carbocycles. The smallest absolute Gasteiger partial charge is 0.397 e. The number of hydrogen-bond donors (Lipinski definition) is 1. The van der Waals surface area contributed by atoms with Gasteiger partial charge >= 0.3 is 6.18 Å². The van der Waals surface area contributed by atoms with Gasteiger partial charge in [0.25, 0.3) is 0 Å². The van der Waals surface area contributed by atoms with Crippen molar-refractivity contribution >= 4 is 11.4 Å². The number of rotatable bonds is 1. The van der Waals surface area contributed by atoms with Gasteiger partial charge in [0.05, 0.1) is 16.9 Å². The normalized spacial score (nSPS) is 24.6. The minimum Gasteiger partial charge on any atom is -0.397 e. The zero-order valence-corrected chi connectivity index (χ0v) is 11.2. The van der Waals surface area contributed by atoms with Crippen molar-refractivity contribution in [2.24, 2.45) is 5.92 Å². The maximum absolute atomic E-state index is 12.6. The first-order valence-electron chi connectivity index (χ1n) is 6.54. The van der Waals surface area contributed by atoms with Gasteiger partial charge in [0.2, 0.25) is 0 Å².